The molecule has 480 valence electrons. The van der Waals surface area contributed by atoms with E-state index >= 15 is 0 Å². The molecule has 12 rings (SSSR count). The molecule has 0 spiro atoms. The number of urea groups is 3. The third kappa shape index (κ3) is 15.0. The predicted octanol–water partition coefficient (Wildman–Crippen LogP) is 15.7. The molecule has 0 atom stereocenters. The first-order chi connectivity index (χ1) is 44.7. The molecule has 6 aromatic heterocycles. The number of benzene rings is 6. The normalized spacial score (nSPS) is 11.5. The summed E-state index contributed by atoms with van der Waals surface area (Å²) in [6.45, 7) is 0. The number of aromatic nitrogens is 9. The molecule has 30 heteroatoms. The zero-order valence-electron chi connectivity index (χ0n) is 49.2. The van der Waals surface area contributed by atoms with Gasteiger partial charge in [-0.05, 0) is 97.1 Å². The molecule has 0 unspecified atom stereocenters. The van der Waals surface area contributed by atoms with Gasteiger partial charge in [0.2, 0.25) is 0 Å². The molecule has 6 heterocycles. The van der Waals surface area contributed by atoms with Gasteiger partial charge in [0.25, 0.3) is 0 Å². The number of rotatable bonds is 10. The molecular formula is C64H49F10N15O5. The average molecular weight is 1300 g/mol. The lowest BCUT2D eigenvalue weighted by Gasteiger charge is -2.13. The maximum atomic E-state index is 14.8. The summed E-state index contributed by atoms with van der Waals surface area (Å²) in [6.07, 6.45) is 1.31. The van der Waals surface area contributed by atoms with E-state index in [1.165, 1.54) is 67.9 Å². The van der Waals surface area contributed by atoms with Crippen molar-refractivity contribution in [1.29, 1.82) is 0 Å². The molecule has 20 nitrogen and oxygen atoms in total. The molecule has 0 bridgehead atoms. The first-order valence-corrected chi connectivity index (χ1v) is 27.6. The highest BCUT2D eigenvalue weighted by Crippen LogP contribution is 2.39. The molecule has 7 N–H and O–H groups in total. The fourth-order valence-electron chi connectivity index (χ4n) is 9.66. The highest BCUT2D eigenvalue weighted by atomic mass is 19.4. The van der Waals surface area contributed by atoms with E-state index in [1.807, 2.05) is 7.05 Å². The van der Waals surface area contributed by atoms with Crippen LogP contribution in [0.5, 0.6) is 11.5 Å². The SMILES string of the molecule is COc1cc(NC(=O)Nc2cccc(C(F)(F)F)c2)ccc1-c1cncc2c1cnn2C.Cn1ncc2c(-c3ccc(NC(=O)Nc4cccc(C(F)(F)F)c4)cc3F)cncc21.Cn1ncc2c(-c3ccc(NC(=O)Nc4cccc(C(F)(F)F)c4)cc3O)cncc21. The van der Waals surface area contributed by atoms with Gasteiger partial charge in [0, 0.05) is 136 Å². The highest BCUT2D eigenvalue weighted by Gasteiger charge is 2.33. The zero-order valence-corrected chi connectivity index (χ0v) is 49.2. The average Bonchev–Trinajstić information content (AvgIpc) is 1.38. The first kappa shape index (κ1) is 64.9. The van der Waals surface area contributed by atoms with E-state index in [0.717, 1.165) is 86.3 Å². The molecule has 6 amide bonds. The van der Waals surface area contributed by atoms with Crippen LogP contribution in [-0.4, -0.2) is 74.6 Å². The maximum Gasteiger partial charge on any atom is 0.416 e. The topological polar surface area (TPSA) is 245 Å². The summed E-state index contributed by atoms with van der Waals surface area (Å²) in [5.41, 5.74) is 4.09. The van der Waals surface area contributed by atoms with Gasteiger partial charge >= 0.3 is 36.6 Å². The van der Waals surface area contributed by atoms with Crippen LogP contribution in [0.4, 0.5) is 92.4 Å². The molecule has 12 aromatic rings. The van der Waals surface area contributed by atoms with E-state index in [-0.39, 0.29) is 39.7 Å². The highest BCUT2D eigenvalue weighted by molar-refractivity contribution is 6.03. The Hall–Kier alpha value is -12.1. The van der Waals surface area contributed by atoms with Crippen LogP contribution in [0.2, 0.25) is 0 Å². The third-order valence-electron chi connectivity index (χ3n) is 14.2. The van der Waals surface area contributed by atoms with Crippen LogP contribution in [0.1, 0.15) is 16.7 Å². The molecule has 94 heavy (non-hydrogen) atoms. The fourth-order valence-corrected chi connectivity index (χ4v) is 9.66. The van der Waals surface area contributed by atoms with Crippen molar-refractivity contribution in [3.63, 3.8) is 0 Å². The smallest absolute Gasteiger partial charge is 0.416 e. The Morgan fingerprint density at radius 3 is 1.06 bits per heavy atom. The number of carbonyl (C=O) groups excluding carboxylic acids is 3. The summed E-state index contributed by atoms with van der Waals surface area (Å²) in [6, 6.07) is 24.3. The van der Waals surface area contributed by atoms with Crippen molar-refractivity contribution in [2.75, 3.05) is 39.0 Å². The van der Waals surface area contributed by atoms with E-state index in [1.54, 1.807) is 108 Å². The van der Waals surface area contributed by atoms with E-state index in [9.17, 15) is 63.4 Å². The Labute approximate surface area is 524 Å². The summed E-state index contributed by atoms with van der Waals surface area (Å²) in [4.78, 5) is 49.2. The van der Waals surface area contributed by atoms with Gasteiger partial charge in [-0.15, -0.1) is 0 Å². The number of methoxy groups -OCH3 is 1. The van der Waals surface area contributed by atoms with Crippen LogP contribution in [-0.2, 0) is 39.7 Å². The number of hydrogen-bond acceptors (Lipinski definition) is 11. The number of phenols is 1. The summed E-state index contributed by atoms with van der Waals surface area (Å²) in [5.74, 6) is -0.218. The molecule has 0 saturated carbocycles. The molecule has 6 aromatic carbocycles. The molecule has 0 aliphatic heterocycles. The van der Waals surface area contributed by atoms with E-state index in [4.69, 9.17) is 4.74 Å². The molecule has 0 fully saturated rings. The van der Waals surface area contributed by atoms with Crippen molar-refractivity contribution >= 4 is 84.9 Å². The van der Waals surface area contributed by atoms with E-state index < -0.39 is 59.1 Å². The van der Waals surface area contributed by atoms with Crippen LogP contribution in [0.3, 0.4) is 0 Å². The van der Waals surface area contributed by atoms with Gasteiger partial charge < -0.3 is 41.7 Å². The van der Waals surface area contributed by atoms with Crippen molar-refractivity contribution in [2.45, 2.75) is 18.5 Å². The number of hydrogen-bond donors (Lipinski definition) is 7. The number of aryl methyl sites for hydroxylation is 3. The quantitative estimate of drug-likeness (QED) is 0.0635. The van der Waals surface area contributed by atoms with Gasteiger partial charge in [-0.25, -0.2) is 18.8 Å². The number of anilines is 6. The fraction of sp³-hybridized carbons (Fsp3) is 0.109. The molecule has 0 radical (unpaired) electrons. The number of fused-ring (bicyclic) bond motifs is 3. The third-order valence-corrected chi connectivity index (χ3v) is 14.2. The van der Waals surface area contributed by atoms with Crippen LogP contribution in [0.25, 0.3) is 66.1 Å². The molecular weight excluding hydrogens is 1250 g/mol. The Morgan fingerprint density at radius 1 is 0.394 bits per heavy atom. The van der Waals surface area contributed by atoms with E-state index in [0.29, 0.717) is 28.1 Å². The maximum absolute atomic E-state index is 14.8. The number of amides is 6. The van der Waals surface area contributed by atoms with Gasteiger partial charge in [-0.1, -0.05) is 18.2 Å². The number of halogens is 10. The monoisotopic (exact) mass is 1300 g/mol. The Balaban J connectivity index is 0.000000154. The zero-order chi connectivity index (χ0) is 67.2. The summed E-state index contributed by atoms with van der Waals surface area (Å²) < 4.78 is 141. The van der Waals surface area contributed by atoms with Crippen LogP contribution in [0, 0.1) is 5.82 Å². The van der Waals surface area contributed by atoms with Crippen LogP contribution in [0.15, 0.2) is 183 Å². The lowest BCUT2D eigenvalue weighted by molar-refractivity contribution is -0.138. The number of phenolic OH excluding ortho intramolecular Hbond substituents is 1. The van der Waals surface area contributed by atoms with Gasteiger partial charge in [0.05, 0.1) is 77.5 Å². The minimum Gasteiger partial charge on any atom is -0.507 e. The van der Waals surface area contributed by atoms with Crippen molar-refractivity contribution < 1.29 is 68.1 Å². The van der Waals surface area contributed by atoms with Crippen LogP contribution >= 0.6 is 0 Å². The Morgan fingerprint density at radius 2 is 0.713 bits per heavy atom. The van der Waals surface area contributed by atoms with Gasteiger partial charge in [0.15, 0.2) is 0 Å². The second kappa shape index (κ2) is 26.8. The van der Waals surface area contributed by atoms with Crippen molar-refractivity contribution in [1.82, 2.24) is 44.3 Å². The first-order valence-electron chi connectivity index (χ1n) is 27.6. The standard InChI is InChI=1S/C22H18F3N5O2.C21H15F4N5O.C21H16F3N5O2/c1-30-19-12-26-10-17(18(19)11-27-30)16-7-6-15(9-20(16)32-2)29-21(31)28-14-5-3-4-13(8-14)22(23,24)25;1-30-19-11-26-9-16(17(19)10-27-30)15-6-5-14(8-18(15)22)29-20(31)28-13-4-2-3-12(7-13)21(23,24)25;1-29-18-11-25-9-16(17(18)10-26-29)15-6-5-14(8-19(15)30)28-20(31)27-13-4-2-3-12(7-13)21(22,23)24/h3-12H,1-2H3,(H2,28,29,31);2-11H,1H3,(H2,28,29,31);2-11,30H,1H3,(H2,27,28,31). The summed E-state index contributed by atoms with van der Waals surface area (Å²) in [5, 5.41) is 40.0. The predicted molar refractivity (Wildman–Crippen MR) is 332 cm³/mol. The second-order valence-electron chi connectivity index (χ2n) is 20.5. The van der Waals surface area contributed by atoms with Crippen molar-refractivity contribution in [3.05, 3.63) is 206 Å². The van der Waals surface area contributed by atoms with Gasteiger partial charge in [-0.2, -0.15) is 54.8 Å². The minimum absolute atomic E-state index is 0.0116. The van der Waals surface area contributed by atoms with Crippen LogP contribution < -0.4 is 36.6 Å². The number of nitrogens with one attached hydrogen (secondary N) is 6. The lowest BCUT2D eigenvalue weighted by Crippen LogP contribution is -2.20. The number of nitrogens with zero attached hydrogens (tertiary/aromatic N) is 9. The summed E-state index contributed by atoms with van der Waals surface area (Å²) >= 11 is 0. The van der Waals surface area contributed by atoms with Crippen molar-refractivity contribution in [3.8, 4) is 44.9 Å². The van der Waals surface area contributed by atoms with Gasteiger partial charge in [0.1, 0.15) is 17.3 Å². The Kier molecular flexibility index (Phi) is 18.5. The summed E-state index contributed by atoms with van der Waals surface area (Å²) in [7, 11) is 6.85. The lowest BCUT2D eigenvalue weighted by atomic mass is 10.0. The van der Waals surface area contributed by atoms with Gasteiger partial charge in [-0.3, -0.25) is 29.0 Å². The number of alkyl halides is 9. The van der Waals surface area contributed by atoms with Crippen molar-refractivity contribution in [2.24, 2.45) is 21.1 Å². The molecule has 0 aliphatic rings. The number of aromatic hydroxyl groups is 1. The molecule has 0 aliphatic carbocycles. The number of ether oxygens (including phenoxy) is 1. The van der Waals surface area contributed by atoms with E-state index in [2.05, 4.69) is 62.1 Å². The minimum atomic E-state index is -4.53. The second-order valence-corrected chi connectivity index (χ2v) is 20.5. The molecule has 0 saturated heterocycles. The number of carbonyl (C=O) groups is 3. The Bertz CT molecular complexity index is 4620. The number of pyridine rings is 3. The largest absolute Gasteiger partial charge is 0.507 e.